The molecule has 1 aromatic carbocycles. The smallest absolute Gasteiger partial charge is 0.139 e. The van der Waals surface area contributed by atoms with Crippen LogP contribution >= 0.6 is 0 Å². The van der Waals surface area contributed by atoms with E-state index in [0.29, 0.717) is 11.6 Å². The Morgan fingerprint density at radius 3 is 2.53 bits per heavy atom. The molecular weight excluding hydrogens is 240 g/mol. The van der Waals surface area contributed by atoms with E-state index >= 15 is 0 Å². The number of hydrogen-bond donors (Lipinski definition) is 2. The van der Waals surface area contributed by atoms with Crippen molar-refractivity contribution in [1.29, 1.82) is 0 Å². The summed E-state index contributed by atoms with van der Waals surface area (Å²) in [6.45, 7) is 5.73. The molecule has 3 N–H and O–H groups in total. The summed E-state index contributed by atoms with van der Waals surface area (Å²) >= 11 is 0. The molecule has 0 atom stereocenters. The first-order valence-electron chi connectivity index (χ1n) is 6.03. The molecule has 2 aromatic rings. The van der Waals surface area contributed by atoms with Crippen molar-refractivity contribution in [2.24, 2.45) is 0 Å². The molecule has 1 aromatic heterocycles. The second-order valence-corrected chi connectivity index (χ2v) is 4.44. The zero-order valence-electron chi connectivity index (χ0n) is 11.6. The molecule has 5 nitrogen and oxygen atoms in total. The topological polar surface area (TPSA) is 73.1 Å². The minimum Gasteiger partial charge on any atom is -0.497 e. The normalized spacial score (nSPS) is 10.3. The fraction of sp³-hybridized carbons (Fsp3) is 0.286. The summed E-state index contributed by atoms with van der Waals surface area (Å²) < 4.78 is 5.19. The van der Waals surface area contributed by atoms with E-state index in [4.69, 9.17) is 10.5 Å². The molecule has 0 bridgehead atoms. The Kier molecular flexibility index (Phi) is 3.55. The lowest BCUT2D eigenvalue weighted by Gasteiger charge is -2.13. The maximum atomic E-state index is 5.85. The third-order valence-corrected chi connectivity index (χ3v) is 2.98. The van der Waals surface area contributed by atoms with Crippen LogP contribution in [0.5, 0.6) is 5.75 Å². The van der Waals surface area contributed by atoms with Gasteiger partial charge in [-0.05, 0) is 44.5 Å². The monoisotopic (exact) mass is 258 g/mol. The van der Waals surface area contributed by atoms with Crippen LogP contribution in [0.25, 0.3) is 0 Å². The van der Waals surface area contributed by atoms with Gasteiger partial charge in [-0.2, -0.15) is 0 Å². The number of nitrogens with one attached hydrogen (secondary N) is 1. The zero-order valence-corrected chi connectivity index (χ0v) is 11.6. The Hall–Kier alpha value is -2.30. The number of ether oxygens (including phenoxy) is 1. The average molecular weight is 258 g/mol. The first kappa shape index (κ1) is 13.1. The summed E-state index contributed by atoms with van der Waals surface area (Å²) in [6, 6.07) is 5.83. The lowest BCUT2D eigenvalue weighted by Crippen LogP contribution is -2.05. The van der Waals surface area contributed by atoms with E-state index in [0.717, 1.165) is 28.4 Å². The highest BCUT2D eigenvalue weighted by atomic mass is 16.5. The van der Waals surface area contributed by atoms with E-state index in [2.05, 4.69) is 15.3 Å². The second kappa shape index (κ2) is 5.14. The van der Waals surface area contributed by atoms with E-state index in [1.807, 2.05) is 39.0 Å². The van der Waals surface area contributed by atoms with Gasteiger partial charge in [-0.15, -0.1) is 0 Å². The van der Waals surface area contributed by atoms with Crippen LogP contribution in [0.15, 0.2) is 18.2 Å². The van der Waals surface area contributed by atoms with Crippen LogP contribution in [0.4, 0.5) is 17.3 Å². The van der Waals surface area contributed by atoms with E-state index in [1.165, 1.54) is 0 Å². The van der Waals surface area contributed by atoms with Gasteiger partial charge in [0.15, 0.2) is 0 Å². The predicted octanol–water partition coefficient (Wildman–Crippen LogP) is 2.74. The Balaban J connectivity index is 2.36. The second-order valence-electron chi connectivity index (χ2n) is 4.44. The molecule has 0 unspecified atom stereocenters. The highest BCUT2D eigenvalue weighted by Crippen LogP contribution is 2.26. The molecule has 100 valence electrons. The number of nitrogens with two attached hydrogens (primary N) is 1. The number of nitrogens with zero attached hydrogens (tertiary/aromatic N) is 2. The summed E-state index contributed by atoms with van der Waals surface area (Å²) in [4.78, 5) is 8.51. The van der Waals surface area contributed by atoms with Crippen molar-refractivity contribution in [2.75, 3.05) is 18.2 Å². The molecule has 0 aliphatic heterocycles. The van der Waals surface area contributed by atoms with Crippen LogP contribution in [-0.4, -0.2) is 17.1 Å². The number of rotatable bonds is 3. The number of nitrogen functional groups attached to an aromatic ring is 1. The number of anilines is 3. The summed E-state index contributed by atoms with van der Waals surface area (Å²) in [5.74, 6) is 2.72. The highest BCUT2D eigenvalue weighted by Gasteiger charge is 2.08. The van der Waals surface area contributed by atoms with Gasteiger partial charge in [-0.3, -0.25) is 0 Å². The molecule has 0 saturated carbocycles. The van der Waals surface area contributed by atoms with E-state index < -0.39 is 0 Å². The fourth-order valence-electron chi connectivity index (χ4n) is 1.80. The SMILES string of the molecule is COc1ccc(Nc2nc(C)nc(N)c2C)c(C)c1. The Morgan fingerprint density at radius 1 is 1.16 bits per heavy atom. The predicted molar refractivity (Wildman–Crippen MR) is 76.9 cm³/mol. The van der Waals surface area contributed by atoms with Crippen molar-refractivity contribution in [3.63, 3.8) is 0 Å². The van der Waals surface area contributed by atoms with Crippen molar-refractivity contribution >= 4 is 17.3 Å². The molecular formula is C14H18N4O. The zero-order chi connectivity index (χ0) is 14.0. The molecule has 0 radical (unpaired) electrons. The van der Waals surface area contributed by atoms with Crippen molar-refractivity contribution in [3.05, 3.63) is 35.2 Å². The average Bonchev–Trinajstić information content (AvgIpc) is 2.37. The van der Waals surface area contributed by atoms with Crippen LogP contribution < -0.4 is 15.8 Å². The Bertz CT molecular complexity index is 611. The van der Waals surface area contributed by atoms with Crippen molar-refractivity contribution in [1.82, 2.24) is 9.97 Å². The molecule has 5 heteroatoms. The molecule has 19 heavy (non-hydrogen) atoms. The van der Waals surface area contributed by atoms with Gasteiger partial charge in [0.25, 0.3) is 0 Å². The van der Waals surface area contributed by atoms with Crippen LogP contribution in [-0.2, 0) is 0 Å². The van der Waals surface area contributed by atoms with Gasteiger partial charge in [0.2, 0.25) is 0 Å². The summed E-state index contributed by atoms with van der Waals surface area (Å²) in [6.07, 6.45) is 0. The van der Waals surface area contributed by atoms with Gasteiger partial charge in [-0.1, -0.05) is 0 Å². The van der Waals surface area contributed by atoms with Crippen LogP contribution in [0.1, 0.15) is 17.0 Å². The lowest BCUT2D eigenvalue weighted by molar-refractivity contribution is 0.414. The molecule has 0 spiro atoms. The minimum atomic E-state index is 0.501. The third-order valence-electron chi connectivity index (χ3n) is 2.98. The van der Waals surface area contributed by atoms with Gasteiger partial charge >= 0.3 is 0 Å². The number of methoxy groups -OCH3 is 1. The van der Waals surface area contributed by atoms with Gasteiger partial charge in [0, 0.05) is 11.3 Å². The maximum absolute atomic E-state index is 5.85. The highest BCUT2D eigenvalue weighted by molar-refractivity contribution is 5.66. The molecule has 0 aliphatic carbocycles. The number of aryl methyl sites for hydroxylation is 2. The molecule has 0 amide bonds. The summed E-state index contributed by atoms with van der Waals surface area (Å²) in [5, 5.41) is 3.29. The Labute approximate surface area is 112 Å². The first-order valence-corrected chi connectivity index (χ1v) is 6.03. The largest absolute Gasteiger partial charge is 0.497 e. The van der Waals surface area contributed by atoms with Crippen molar-refractivity contribution < 1.29 is 4.74 Å². The van der Waals surface area contributed by atoms with Gasteiger partial charge in [0.1, 0.15) is 23.2 Å². The third kappa shape index (κ3) is 2.76. The van der Waals surface area contributed by atoms with E-state index in [1.54, 1.807) is 7.11 Å². The molecule has 0 fully saturated rings. The quantitative estimate of drug-likeness (QED) is 0.885. The first-order chi connectivity index (χ1) is 9.01. The van der Waals surface area contributed by atoms with Crippen molar-refractivity contribution in [3.8, 4) is 5.75 Å². The number of benzene rings is 1. The van der Waals surface area contributed by atoms with Gasteiger partial charge in [0.05, 0.1) is 7.11 Å². The minimum absolute atomic E-state index is 0.501. The summed E-state index contributed by atoms with van der Waals surface area (Å²) in [5.41, 5.74) is 8.75. The Morgan fingerprint density at radius 2 is 1.89 bits per heavy atom. The van der Waals surface area contributed by atoms with Gasteiger partial charge < -0.3 is 15.8 Å². The van der Waals surface area contributed by atoms with Crippen LogP contribution in [0.2, 0.25) is 0 Å². The standard InChI is InChI=1S/C14H18N4O/c1-8-7-11(19-4)5-6-12(8)18-14-9(2)13(15)16-10(3)17-14/h5-7H,1-4H3,(H3,15,16,17,18). The van der Waals surface area contributed by atoms with Crippen LogP contribution in [0.3, 0.4) is 0 Å². The molecule has 1 heterocycles. The maximum Gasteiger partial charge on any atom is 0.139 e. The lowest BCUT2D eigenvalue weighted by atomic mass is 10.2. The molecule has 2 rings (SSSR count). The number of aromatic nitrogens is 2. The summed E-state index contributed by atoms with van der Waals surface area (Å²) in [7, 11) is 1.65. The van der Waals surface area contributed by atoms with Crippen molar-refractivity contribution in [2.45, 2.75) is 20.8 Å². The van der Waals surface area contributed by atoms with E-state index in [9.17, 15) is 0 Å². The fourth-order valence-corrected chi connectivity index (χ4v) is 1.80. The molecule has 0 aliphatic rings. The van der Waals surface area contributed by atoms with E-state index in [-0.39, 0.29) is 0 Å². The number of hydrogen-bond acceptors (Lipinski definition) is 5. The van der Waals surface area contributed by atoms with Crippen LogP contribution in [0, 0.1) is 20.8 Å². The van der Waals surface area contributed by atoms with Gasteiger partial charge in [-0.25, -0.2) is 9.97 Å². The molecule has 0 saturated heterocycles.